The maximum atomic E-state index is 11.5. The molecule has 28 heavy (non-hydrogen) atoms. The van der Waals surface area contributed by atoms with Gasteiger partial charge >= 0.3 is 0 Å². The number of ether oxygens (including phenoxy) is 1. The number of carbonyl (C=O) groups is 1. The molecule has 4 rings (SSSR count). The lowest BCUT2D eigenvalue weighted by atomic mass is 9.83. The summed E-state index contributed by atoms with van der Waals surface area (Å²) >= 11 is 0. The number of carbonyl (C=O) groups excluding carboxylic acids is 1. The van der Waals surface area contributed by atoms with E-state index >= 15 is 0 Å². The predicted molar refractivity (Wildman–Crippen MR) is 102 cm³/mol. The third kappa shape index (κ3) is 3.21. The molecule has 0 saturated heterocycles. The summed E-state index contributed by atoms with van der Waals surface area (Å²) in [5, 5.41) is 20.9. The first-order chi connectivity index (χ1) is 13.6. The van der Waals surface area contributed by atoms with Gasteiger partial charge in [0.25, 0.3) is 5.91 Å². The summed E-state index contributed by atoms with van der Waals surface area (Å²) in [5.74, 6) is -0.182. The number of methoxy groups -OCH3 is 1. The number of hydrogen-bond donors (Lipinski definition) is 3. The largest absolute Gasteiger partial charge is 0.385 e. The minimum absolute atomic E-state index is 0.340. The highest BCUT2D eigenvalue weighted by atomic mass is 16.5. The fraction of sp³-hybridized carbons (Fsp3) is 0.350. The number of nitrogens with zero attached hydrogens (tertiary/aromatic N) is 3. The lowest BCUT2D eigenvalue weighted by Gasteiger charge is -2.22. The number of amides is 1. The van der Waals surface area contributed by atoms with Crippen LogP contribution in [0.5, 0.6) is 0 Å². The number of aromatic amines is 1. The fourth-order valence-corrected chi connectivity index (χ4v) is 3.93. The van der Waals surface area contributed by atoms with Crippen LogP contribution in [0.15, 0.2) is 30.5 Å². The van der Waals surface area contributed by atoms with Gasteiger partial charge in [-0.05, 0) is 43.4 Å². The third-order valence-electron chi connectivity index (χ3n) is 5.41. The Bertz CT molecular complexity index is 990. The molecule has 1 aromatic carbocycles. The van der Waals surface area contributed by atoms with E-state index in [1.54, 1.807) is 24.7 Å². The van der Waals surface area contributed by atoms with E-state index in [4.69, 9.17) is 15.0 Å². The number of nitrogens with one attached hydrogen (secondary N) is 2. The molecule has 0 fully saturated rings. The highest BCUT2D eigenvalue weighted by molar-refractivity contribution is 5.93. The topological polar surface area (TPSA) is 105 Å². The van der Waals surface area contributed by atoms with E-state index in [0.717, 1.165) is 41.1 Å². The fourth-order valence-electron chi connectivity index (χ4n) is 3.93. The van der Waals surface area contributed by atoms with E-state index in [0.29, 0.717) is 24.6 Å². The van der Waals surface area contributed by atoms with Crippen molar-refractivity contribution in [3.8, 4) is 11.3 Å². The predicted octanol–water partition coefficient (Wildman–Crippen LogP) is 2.43. The Morgan fingerprint density at radius 2 is 2.18 bits per heavy atom. The van der Waals surface area contributed by atoms with E-state index in [1.807, 2.05) is 23.0 Å². The molecule has 1 atom stereocenters. The number of H-pyrrole nitrogens is 1. The molecule has 8 heteroatoms. The van der Waals surface area contributed by atoms with E-state index in [9.17, 15) is 4.79 Å². The molecule has 0 spiro atoms. The van der Waals surface area contributed by atoms with Crippen molar-refractivity contribution in [1.82, 2.24) is 25.5 Å². The van der Waals surface area contributed by atoms with Crippen LogP contribution in [-0.2, 0) is 17.7 Å². The molecule has 1 unspecified atom stereocenters. The monoisotopic (exact) mass is 381 g/mol. The molecule has 146 valence electrons. The minimum atomic E-state index is -0.522. The Kier molecular flexibility index (Phi) is 4.97. The molecule has 2 heterocycles. The van der Waals surface area contributed by atoms with Crippen LogP contribution in [0.3, 0.4) is 0 Å². The number of hydroxylamine groups is 1. The van der Waals surface area contributed by atoms with Crippen molar-refractivity contribution in [2.24, 2.45) is 0 Å². The number of benzene rings is 1. The van der Waals surface area contributed by atoms with E-state index in [1.165, 1.54) is 5.56 Å². The molecule has 1 aliphatic rings. The quantitative estimate of drug-likeness (QED) is 0.449. The van der Waals surface area contributed by atoms with Crippen molar-refractivity contribution < 1.29 is 14.7 Å². The number of aromatic nitrogens is 4. The maximum absolute atomic E-state index is 11.5. The van der Waals surface area contributed by atoms with Crippen LogP contribution in [0.4, 0.5) is 0 Å². The summed E-state index contributed by atoms with van der Waals surface area (Å²) in [5.41, 5.74) is 8.67. The molecule has 3 N–H and O–H groups in total. The highest BCUT2D eigenvalue weighted by Gasteiger charge is 2.31. The van der Waals surface area contributed by atoms with Gasteiger partial charge in [-0.25, -0.2) is 5.48 Å². The van der Waals surface area contributed by atoms with Gasteiger partial charge in [-0.3, -0.25) is 19.8 Å². The second kappa shape index (κ2) is 7.57. The zero-order valence-electron chi connectivity index (χ0n) is 15.9. The van der Waals surface area contributed by atoms with Crippen LogP contribution in [0, 0.1) is 6.92 Å². The summed E-state index contributed by atoms with van der Waals surface area (Å²) in [6, 6.07) is 7.12. The van der Waals surface area contributed by atoms with Gasteiger partial charge in [-0.15, -0.1) is 0 Å². The van der Waals surface area contributed by atoms with Gasteiger partial charge in [0.15, 0.2) is 0 Å². The zero-order valence-corrected chi connectivity index (χ0v) is 15.9. The number of hydrogen-bond acceptors (Lipinski definition) is 5. The van der Waals surface area contributed by atoms with Crippen molar-refractivity contribution in [3.05, 3.63) is 58.5 Å². The summed E-state index contributed by atoms with van der Waals surface area (Å²) < 4.78 is 7.32. The first-order valence-corrected chi connectivity index (χ1v) is 9.24. The van der Waals surface area contributed by atoms with Crippen LogP contribution in [0.25, 0.3) is 11.3 Å². The molecule has 0 radical (unpaired) electrons. The highest BCUT2D eigenvalue weighted by Crippen LogP contribution is 2.41. The molecule has 8 nitrogen and oxygen atoms in total. The van der Waals surface area contributed by atoms with Crippen molar-refractivity contribution >= 4 is 5.91 Å². The van der Waals surface area contributed by atoms with E-state index in [-0.39, 0.29) is 0 Å². The smallest absolute Gasteiger partial charge is 0.274 e. The van der Waals surface area contributed by atoms with Crippen molar-refractivity contribution in [1.29, 1.82) is 0 Å². The molecule has 3 aromatic rings. The first kappa shape index (κ1) is 18.4. The van der Waals surface area contributed by atoms with Crippen LogP contribution < -0.4 is 5.48 Å². The van der Waals surface area contributed by atoms with E-state index in [2.05, 4.69) is 17.1 Å². The average molecular weight is 381 g/mol. The summed E-state index contributed by atoms with van der Waals surface area (Å²) in [6.07, 6.45) is 3.68. The number of fused-ring (bicyclic) bond motifs is 3. The van der Waals surface area contributed by atoms with Gasteiger partial charge in [0.2, 0.25) is 0 Å². The molecule has 0 saturated carbocycles. The minimum Gasteiger partial charge on any atom is -0.385 e. The maximum Gasteiger partial charge on any atom is 0.274 e. The standard InChI is InChI=1S/C20H23N5O3/c1-12-18-15(7-8-28-2)9-17-16(10-21-22-17)19(18)23-25(12)11-13-3-5-14(6-4-13)20(26)24-27/h3-6,10,15,27H,7-9,11H2,1-2H3,(H,21,22)(H,24,26). The number of rotatable bonds is 6. The molecular weight excluding hydrogens is 358 g/mol. The van der Waals surface area contributed by atoms with Crippen LogP contribution in [-0.4, -0.2) is 44.8 Å². The van der Waals surface area contributed by atoms with Crippen molar-refractivity contribution in [2.75, 3.05) is 13.7 Å². The Hall–Kier alpha value is -2.97. The van der Waals surface area contributed by atoms with Crippen LogP contribution in [0.2, 0.25) is 0 Å². The third-order valence-corrected chi connectivity index (χ3v) is 5.41. The second-order valence-corrected chi connectivity index (χ2v) is 7.09. The summed E-state index contributed by atoms with van der Waals surface area (Å²) in [6.45, 7) is 3.40. The van der Waals surface area contributed by atoms with Gasteiger partial charge < -0.3 is 4.74 Å². The molecule has 0 bridgehead atoms. The Balaban J connectivity index is 1.66. The van der Waals surface area contributed by atoms with Gasteiger partial charge in [0, 0.05) is 41.8 Å². The van der Waals surface area contributed by atoms with Crippen molar-refractivity contribution in [3.63, 3.8) is 0 Å². The van der Waals surface area contributed by atoms with Crippen molar-refractivity contribution in [2.45, 2.75) is 32.2 Å². The molecular formula is C20H23N5O3. The second-order valence-electron chi connectivity index (χ2n) is 7.09. The average Bonchev–Trinajstić information content (AvgIpc) is 3.31. The van der Waals surface area contributed by atoms with Crippen LogP contribution >= 0.6 is 0 Å². The van der Waals surface area contributed by atoms with Gasteiger partial charge in [-0.2, -0.15) is 10.2 Å². The molecule has 2 aromatic heterocycles. The Morgan fingerprint density at radius 1 is 1.39 bits per heavy atom. The lowest BCUT2D eigenvalue weighted by molar-refractivity contribution is 0.0706. The van der Waals surface area contributed by atoms with Gasteiger partial charge in [0.05, 0.1) is 18.4 Å². The van der Waals surface area contributed by atoms with Crippen LogP contribution in [0.1, 0.15) is 45.2 Å². The summed E-state index contributed by atoms with van der Waals surface area (Å²) in [7, 11) is 1.72. The first-order valence-electron chi connectivity index (χ1n) is 9.24. The molecule has 1 aliphatic carbocycles. The lowest BCUT2D eigenvalue weighted by Crippen LogP contribution is -2.18. The van der Waals surface area contributed by atoms with Gasteiger partial charge in [-0.1, -0.05) is 12.1 Å². The van der Waals surface area contributed by atoms with Gasteiger partial charge in [0.1, 0.15) is 0 Å². The molecule has 0 aliphatic heterocycles. The SMILES string of the molecule is COCCC1Cc2[nH]ncc2-c2nn(Cc3ccc(C(=O)NO)cc3)c(C)c21. The normalized spacial score (nSPS) is 15.2. The zero-order chi connectivity index (χ0) is 19.7. The molecule has 1 amide bonds. The summed E-state index contributed by atoms with van der Waals surface area (Å²) in [4.78, 5) is 11.5. The van der Waals surface area contributed by atoms with E-state index < -0.39 is 5.91 Å². The Morgan fingerprint density at radius 3 is 2.89 bits per heavy atom. The Labute approximate surface area is 162 Å².